The number of hydrogen-bond donors (Lipinski definition) is 1. The molecule has 0 saturated heterocycles. The van der Waals surface area contributed by atoms with Crippen LogP contribution >= 0.6 is 11.3 Å². The summed E-state index contributed by atoms with van der Waals surface area (Å²) in [7, 11) is 3.01. The quantitative estimate of drug-likeness (QED) is 0.747. The highest BCUT2D eigenvalue weighted by molar-refractivity contribution is 7.09. The maximum atomic E-state index is 9.69. The normalized spacial score (nSPS) is 13.5. The van der Waals surface area contributed by atoms with E-state index >= 15 is 0 Å². The molecule has 0 spiro atoms. The molecular formula is C9H15NO3S. The molecule has 0 aliphatic heterocycles. The molecule has 0 amide bonds. The van der Waals surface area contributed by atoms with E-state index in [-0.39, 0.29) is 0 Å². The molecule has 1 heterocycles. The molecule has 0 saturated carbocycles. The van der Waals surface area contributed by atoms with E-state index in [2.05, 4.69) is 4.98 Å². The third kappa shape index (κ3) is 3.02. The maximum Gasteiger partial charge on any atom is 0.183 e. The molecule has 1 aromatic heterocycles. The highest BCUT2D eigenvalue weighted by atomic mass is 32.1. The van der Waals surface area contributed by atoms with Crippen molar-refractivity contribution in [2.75, 3.05) is 14.2 Å². The highest BCUT2D eigenvalue weighted by Gasteiger charge is 2.19. The van der Waals surface area contributed by atoms with Gasteiger partial charge in [-0.05, 0) is 6.92 Å². The first kappa shape index (κ1) is 11.6. The lowest BCUT2D eigenvalue weighted by Gasteiger charge is -2.18. The summed E-state index contributed by atoms with van der Waals surface area (Å²) in [6.07, 6.45) is -0.792. The molecule has 0 aromatic carbocycles. The van der Waals surface area contributed by atoms with Gasteiger partial charge < -0.3 is 14.6 Å². The second-order valence-electron chi connectivity index (χ2n) is 2.99. The van der Waals surface area contributed by atoms with Crippen LogP contribution in [-0.4, -0.2) is 36.7 Å². The highest BCUT2D eigenvalue weighted by Crippen LogP contribution is 2.13. The van der Waals surface area contributed by atoms with E-state index in [4.69, 9.17) is 9.47 Å². The van der Waals surface area contributed by atoms with Crippen molar-refractivity contribution in [2.24, 2.45) is 0 Å². The van der Waals surface area contributed by atoms with Gasteiger partial charge in [0.05, 0.1) is 5.01 Å². The van der Waals surface area contributed by atoms with E-state index in [0.29, 0.717) is 6.42 Å². The molecule has 0 radical (unpaired) electrons. The monoisotopic (exact) mass is 217 g/mol. The minimum atomic E-state index is -0.671. The Hall–Kier alpha value is -0.490. The molecule has 1 unspecified atom stereocenters. The van der Waals surface area contributed by atoms with E-state index in [9.17, 15) is 5.11 Å². The first-order chi connectivity index (χ1) is 6.67. The molecule has 0 fully saturated rings. The molecule has 1 aromatic rings. The lowest BCUT2D eigenvalue weighted by atomic mass is 10.2. The number of methoxy groups -OCH3 is 2. The zero-order valence-electron chi connectivity index (χ0n) is 8.56. The van der Waals surface area contributed by atoms with Crippen LogP contribution in [0.1, 0.15) is 10.7 Å². The van der Waals surface area contributed by atoms with Crippen molar-refractivity contribution >= 4 is 11.3 Å². The van der Waals surface area contributed by atoms with Crippen molar-refractivity contribution in [1.29, 1.82) is 0 Å². The summed E-state index contributed by atoms with van der Waals surface area (Å²) in [4.78, 5) is 4.25. The number of thiazole rings is 1. The number of rotatable bonds is 5. The van der Waals surface area contributed by atoms with Crippen molar-refractivity contribution in [1.82, 2.24) is 4.98 Å². The molecular weight excluding hydrogens is 202 g/mol. The van der Waals surface area contributed by atoms with Gasteiger partial charge in [0.1, 0.15) is 6.10 Å². The van der Waals surface area contributed by atoms with Gasteiger partial charge in [-0.25, -0.2) is 4.98 Å². The fraction of sp³-hybridized carbons (Fsp3) is 0.667. The summed E-state index contributed by atoms with van der Waals surface area (Å²) in [6.45, 7) is 1.93. The van der Waals surface area contributed by atoms with Gasteiger partial charge in [0.2, 0.25) is 0 Å². The molecule has 1 N–H and O–H groups in total. The van der Waals surface area contributed by atoms with E-state index < -0.39 is 12.4 Å². The van der Waals surface area contributed by atoms with Crippen LogP contribution in [0.15, 0.2) is 5.38 Å². The summed E-state index contributed by atoms with van der Waals surface area (Å²) in [5.74, 6) is 0. The van der Waals surface area contributed by atoms with Gasteiger partial charge in [-0.2, -0.15) is 0 Å². The van der Waals surface area contributed by atoms with Crippen LogP contribution in [0.4, 0.5) is 0 Å². The van der Waals surface area contributed by atoms with Gasteiger partial charge in [0, 0.05) is 31.7 Å². The largest absolute Gasteiger partial charge is 0.387 e. The Bertz CT molecular complexity index is 273. The van der Waals surface area contributed by atoms with Crippen LogP contribution in [0.2, 0.25) is 0 Å². The van der Waals surface area contributed by atoms with Gasteiger partial charge in [-0.15, -0.1) is 11.3 Å². The Kier molecular flexibility index (Phi) is 4.47. The van der Waals surface area contributed by atoms with Crippen molar-refractivity contribution in [3.63, 3.8) is 0 Å². The molecule has 0 aliphatic rings. The van der Waals surface area contributed by atoms with Crippen molar-refractivity contribution < 1.29 is 14.6 Å². The van der Waals surface area contributed by atoms with Crippen LogP contribution in [0.5, 0.6) is 0 Å². The number of ether oxygens (including phenoxy) is 2. The minimum Gasteiger partial charge on any atom is -0.387 e. The molecule has 1 rings (SSSR count). The number of hydrogen-bond acceptors (Lipinski definition) is 5. The lowest BCUT2D eigenvalue weighted by Crippen LogP contribution is -2.31. The number of aliphatic hydroxyl groups excluding tert-OH is 1. The van der Waals surface area contributed by atoms with Gasteiger partial charge in [0.15, 0.2) is 6.29 Å². The van der Waals surface area contributed by atoms with Gasteiger partial charge in [-0.1, -0.05) is 0 Å². The summed E-state index contributed by atoms with van der Waals surface area (Å²) in [5.41, 5.74) is 0.976. The first-order valence-corrected chi connectivity index (χ1v) is 5.20. The standard InChI is InChI=1S/C9H15NO3S/c1-6-5-14-8(10-6)4-7(11)9(12-2)13-3/h5,7,9,11H,4H2,1-3H3. The molecule has 1 atom stereocenters. The average Bonchev–Trinajstić information content (AvgIpc) is 2.53. The van der Waals surface area contributed by atoms with Crippen LogP contribution in [0.25, 0.3) is 0 Å². The third-order valence-corrected chi connectivity index (χ3v) is 2.82. The van der Waals surface area contributed by atoms with Gasteiger partial charge in [0.25, 0.3) is 0 Å². The minimum absolute atomic E-state index is 0.463. The number of nitrogens with zero attached hydrogens (tertiary/aromatic N) is 1. The SMILES string of the molecule is COC(OC)C(O)Cc1nc(C)cs1. The molecule has 5 heteroatoms. The zero-order chi connectivity index (χ0) is 10.6. The Labute approximate surface area is 87.5 Å². The second kappa shape index (κ2) is 5.41. The fourth-order valence-corrected chi connectivity index (χ4v) is 2.00. The van der Waals surface area contributed by atoms with Crippen LogP contribution < -0.4 is 0 Å². The lowest BCUT2D eigenvalue weighted by molar-refractivity contribution is -0.163. The molecule has 14 heavy (non-hydrogen) atoms. The van der Waals surface area contributed by atoms with E-state index in [0.717, 1.165) is 10.7 Å². The van der Waals surface area contributed by atoms with Crippen molar-refractivity contribution in [2.45, 2.75) is 25.7 Å². The smallest absolute Gasteiger partial charge is 0.183 e. The zero-order valence-corrected chi connectivity index (χ0v) is 9.37. The summed E-state index contributed by atoms with van der Waals surface area (Å²) in [5, 5.41) is 12.5. The predicted molar refractivity (Wildman–Crippen MR) is 54.4 cm³/mol. The molecule has 0 bridgehead atoms. The van der Waals surface area contributed by atoms with Crippen molar-refractivity contribution in [3.05, 3.63) is 16.1 Å². The summed E-state index contributed by atoms with van der Waals surface area (Å²) >= 11 is 1.53. The Balaban J connectivity index is 2.51. The van der Waals surface area contributed by atoms with E-state index in [1.54, 1.807) is 0 Å². The third-order valence-electron chi connectivity index (χ3n) is 1.83. The predicted octanol–water partition coefficient (Wildman–Crippen LogP) is 0.974. The van der Waals surface area contributed by atoms with Crippen LogP contribution in [0, 0.1) is 6.92 Å². The van der Waals surface area contributed by atoms with Crippen LogP contribution in [-0.2, 0) is 15.9 Å². The number of aliphatic hydroxyl groups is 1. The fourth-order valence-electron chi connectivity index (χ4n) is 1.18. The van der Waals surface area contributed by atoms with E-state index in [1.807, 2.05) is 12.3 Å². The van der Waals surface area contributed by atoms with Crippen LogP contribution in [0.3, 0.4) is 0 Å². The van der Waals surface area contributed by atoms with Crippen molar-refractivity contribution in [3.8, 4) is 0 Å². The van der Waals surface area contributed by atoms with E-state index in [1.165, 1.54) is 25.6 Å². The average molecular weight is 217 g/mol. The molecule has 4 nitrogen and oxygen atoms in total. The van der Waals surface area contributed by atoms with Gasteiger partial charge >= 0.3 is 0 Å². The maximum absolute atomic E-state index is 9.69. The Morgan fingerprint density at radius 3 is 2.57 bits per heavy atom. The molecule has 80 valence electrons. The molecule has 0 aliphatic carbocycles. The number of aryl methyl sites for hydroxylation is 1. The Morgan fingerprint density at radius 1 is 1.50 bits per heavy atom. The number of aromatic nitrogens is 1. The first-order valence-electron chi connectivity index (χ1n) is 4.32. The summed E-state index contributed by atoms with van der Waals surface area (Å²) < 4.78 is 9.89. The summed E-state index contributed by atoms with van der Waals surface area (Å²) in [6, 6.07) is 0. The second-order valence-corrected chi connectivity index (χ2v) is 3.94. The van der Waals surface area contributed by atoms with Gasteiger partial charge in [-0.3, -0.25) is 0 Å². The Morgan fingerprint density at radius 2 is 2.14 bits per heavy atom. The topological polar surface area (TPSA) is 51.6 Å².